The van der Waals surface area contributed by atoms with Crippen molar-refractivity contribution in [1.82, 2.24) is 5.32 Å². The molecule has 1 aliphatic rings. The molecule has 0 amide bonds. The maximum absolute atomic E-state index is 6.18. The lowest BCUT2D eigenvalue weighted by Gasteiger charge is -2.29. The average molecular weight is 498 g/mol. The molecule has 0 saturated carbocycles. The summed E-state index contributed by atoms with van der Waals surface area (Å²) in [6.45, 7) is 1.39. The van der Waals surface area contributed by atoms with E-state index in [2.05, 4.69) is 51.6 Å². The second-order valence-corrected chi connectivity index (χ2v) is 8.50. The van der Waals surface area contributed by atoms with Gasteiger partial charge in [-0.25, -0.2) is 0 Å². The SMILES string of the molecule is COc1cc2c(cc1OC)[C@@H](Cc1ccc(OC)c(OCc3ccccc3)c1Br)NCC2. The van der Waals surface area contributed by atoms with Crippen LogP contribution in [0.1, 0.15) is 28.3 Å². The van der Waals surface area contributed by atoms with Crippen LogP contribution >= 0.6 is 15.9 Å². The molecule has 1 aliphatic heterocycles. The van der Waals surface area contributed by atoms with Crippen molar-refractivity contribution in [2.45, 2.75) is 25.5 Å². The first-order valence-electron chi connectivity index (χ1n) is 10.6. The minimum atomic E-state index is 0.158. The summed E-state index contributed by atoms with van der Waals surface area (Å²) in [5.41, 5.74) is 4.78. The second kappa shape index (κ2) is 10.3. The Morgan fingerprint density at radius 2 is 1.62 bits per heavy atom. The number of hydrogen-bond donors (Lipinski definition) is 1. The highest BCUT2D eigenvalue weighted by atomic mass is 79.9. The average Bonchev–Trinajstić information content (AvgIpc) is 2.84. The zero-order chi connectivity index (χ0) is 22.5. The van der Waals surface area contributed by atoms with Crippen LogP contribution in [0.2, 0.25) is 0 Å². The third-order valence-corrected chi connectivity index (χ3v) is 6.69. The van der Waals surface area contributed by atoms with Crippen molar-refractivity contribution in [1.29, 1.82) is 0 Å². The zero-order valence-corrected chi connectivity index (χ0v) is 20.2. The fourth-order valence-corrected chi connectivity index (χ4v) is 4.74. The second-order valence-electron chi connectivity index (χ2n) is 7.71. The van der Waals surface area contributed by atoms with Crippen molar-refractivity contribution >= 4 is 15.9 Å². The predicted octanol–water partition coefficient (Wildman–Crippen LogP) is 5.48. The summed E-state index contributed by atoms with van der Waals surface area (Å²) in [7, 11) is 5.01. The van der Waals surface area contributed by atoms with Gasteiger partial charge in [0.05, 0.1) is 25.8 Å². The molecule has 1 atom stereocenters. The van der Waals surface area contributed by atoms with Crippen LogP contribution in [0, 0.1) is 0 Å². The first-order valence-corrected chi connectivity index (χ1v) is 11.4. The summed E-state index contributed by atoms with van der Waals surface area (Å²) < 4.78 is 23.7. The number of rotatable bonds is 8. The van der Waals surface area contributed by atoms with Crippen LogP contribution in [0.5, 0.6) is 23.0 Å². The van der Waals surface area contributed by atoms with Crippen molar-refractivity contribution in [3.05, 3.63) is 81.3 Å². The van der Waals surface area contributed by atoms with Crippen molar-refractivity contribution in [2.75, 3.05) is 27.9 Å². The Balaban J connectivity index is 1.61. The molecule has 3 aromatic carbocycles. The lowest BCUT2D eigenvalue weighted by molar-refractivity contribution is 0.282. The Labute approximate surface area is 197 Å². The van der Waals surface area contributed by atoms with Crippen LogP contribution in [0.4, 0.5) is 0 Å². The Morgan fingerprint density at radius 3 is 2.34 bits per heavy atom. The Morgan fingerprint density at radius 1 is 0.906 bits per heavy atom. The van der Waals surface area contributed by atoms with Crippen LogP contribution in [-0.4, -0.2) is 27.9 Å². The number of benzene rings is 3. The minimum Gasteiger partial charge on any atom is -0.493 e. The fraction of sp³-hybridized carbons (Fsp3) is 0.308. The molecule has 6 heteroatoms. The van der Waals surface area contributed by atoms with E-state index in [4.69, 9.17) is 18.9 Å². The molecule has 0 aliphatic carbocycles. The van der Waals surface area contributed by atoms with Gasteiger partial charge in [0.2, 0.25) is 0 Å². The Hall–Kier alpha value is -2.70. The predicted molar refractivity (Wildman–Crippen MR) is 129 cm³/mol. The molecule has 4 rings (SSSR count). The molecule has 3 aromatic rings. The molecule has 0 unspecified atom stereocenters. The van der Waals surface area contributed by atoms with Gasteiger partial charge in [0.1, 0.15) is 6.61 Å². The quantitative estimate of drug-likeness (QED) is 0.446. The van der Waals surface area contributed by atoms with Gasteiger partial charge in [-0.1, -0.05) is 36.4 Å². The highest BCUT2D eigenvalue weighted by Gasteiger charge is 2.25. The van der Waals surface area contributed by atoms with E-state index in [1.54, 1.807) is 21.3 Å². The molecule has 0 aromatic heterocycles. The molecule has 32 heavy (non-hydrogen) atoms. The molecule has 5 nitrogen and oxygen atoms in total. The number of methoxy groups -OCH3 is 3. The summed E-state index contributed by atoms with van der Waals surface area (Å²) in [4.78, 5) is 0. The van der Waals surface area contributed by atoms with Gasteiger partial charge in [-0.2, -0.15) is 0 Å². The van der Waals surface area contributed by atoms with Gasteiger partial charge in [-0.05, 0) is 75.8 Å². The van der Waals surface area contributed by atoms with Crippen molar-refractivity contribution in [2.24, 2.45) is 0 Å². The molecule has 1 N–H and O–H groups in total. The molecular formula is C26H28BrNO4. The molecule has 168 valence electrons. The van der Waals surface area contributed by atoms with Gasteiger partial charge in [0.15, 0.2) is 23.0 Å². The molecule has 0 bridgehead atoms. The smallest absolute Gasteiger partial charge is 0.176 e. The standard InChI is InChI=1S/C26H28BrNO4/c1-29-22-10-9-19(25(27)26(22)32-16-17-7-5-4-6-8-17)13-21-20-15-24(31-3)23(30-2)14-18(20)11-12-28-21/h4-10,14-15,21,28H,11-13,16H2,1-3H3/t21-/m1/s1. The topological polar surface area (TPSA) is 49.0 Å². The van der Waals surface area contributed by atoms with Gasteiger partial charge in [0.25, 0.3) is 0 Å². The molecule has 0 saturated heterocycles. The minimum absolute atomic E-state index is 0.158. The van der Waals surface area contributed by atoms with E-state index in [0.717, 1.165) is 52.2 Å². The van der Waals surface area contributed by atoms with Crippen LogP contribution in [-0.2, 0) is 19.4 Å². The number of hydrogen-bond acceptors (Lipinski definition) is 5. The van der Waals surface area contributed by atoms with E-state index in [0.29, 0.717) is 12.4 Å². The monoisotopic (exact) mass is 497 g/mol. The summed E-state index contributed by atoms with van der Waals surface area (Å²) in [6.07, 6.45) is 1.76. The third kappa shape index (κ3) is 4.71. The highest BCUT2D eigenvalue weighted by Crippen LogP contribution is 2.41. The summed E-state index contributed by atoms with van der Waals surface area (Å²) in [6, 6.07) is 18.5. The van der Waals surface area contributed by atoms with Gasteiger partial charge in [0, 0.05) is 6.04 Å². The lowest BCUT2D eigenvalue weighted by atomic mass is 9.89. The van der Waals surface area contributed by atoms with Gasteiger partial charge in [-0.3, -0.25) is 0 Å². The van der Waals surface area contributed by atoms with Gasteiger partial charge >= 0.3 is 0 Å². The van der Waals surface area contributed by atoms with E-state index in [9.17, 15) is 0 Å². The normalized spacial score (nSPS) is 15.1. The van der Waals surface area contributed by atoms with E-state index >= 15 is 0 Å². The third-order valence-electron chi connectivity index (χ3n) is 5.82. The number of ether oxygens (including phenoxy) is 4. The number of nitrogens with one attached hydrogen (secondary N) is 1. The largest absolute Gasteiger partial charge is 0.493 e. The van der Waals surface area contributed by atoms with E-state index in [1.165, 1.54) is 11.1 Å². The first kappa shape index (κ1) is 22.5. The molecule has 1 heterocycles. The van der Waals surface area contributed by atoms with Gasteiger partial charge < -0.3 is 24.3 Å². The molecule has 0 radical (unpaired) electrons. The maximum atomic E-state index is 6.18. The van der Waals surface area contributed by atoms with Gasteiger partial charge in [-0.15, -0.1) is 0 Å². The highest BCUT2D eigenvalue weighted by molar-refractivity contribution is 9.10. The van der Waals surface area contributed by atoms with E-state index in [-0.39, 0.29) is 6.04 Å². The Kier molecular flexibility index (Phi) is 7.22. The lowest BCUT2D eigenvalue weighted by Crippen LogP contribution is -2.31. The molecule has 0 fully saturated rings. The van der Waals surface area contributed by atoms with Crippen LogP contribution in [0.25, 0.3) is 0 Å². The summed E-state index contributed by atoms with van der Waals surface area (Å²) in [5, 5.41) is 3.66. The zero-order valence-electron chi connectivity index (χ0n) is 18.6. The number of halogens is 1. The van der Waals surface area contributed by atoms with Crippen molar-refractivity contribution in [3.63, 3.8) is 0 Å². The Bertz CT molecular complexity index is 1070. The maximum Gasteiger partial charge on any atom is 0.176 e. The summed E-state index contributed by atoms with van der Waals surface area (Å²) >= 11 is 3.79. The number of fused-ring (bicyclic) bond motifs is 1. The fourth-order valence-electron chi connectivity index (χ4n) is 4.13. The summed E-state index contributed by atoms with van der Waals surface area (Å²) in [5.74, 6) is 2.95. The molecular weight excluding hydrogens is 470 g/mol. The van der Waals surface area contributed by atoms with Crippen LogP contribution < -0.4 is 24.3 Å². The van der Waals surface area contributed by atoms with Crippen molar-refractivity contribution in [3.8, 4) is 23.0 Å². The van der Waals surface area contributed by atoms with Crippen LogP contribution in [0.15, 0.2) is 59.1 Å². The van der Waals surface area contributed by atoms with Crippen LogP contribution in [0.3, 0.4) is 0 Å². The van der Waals surface area contributed by atoms with Crippen molar-refractivity contribution < 1.29 is 18.9 Å². The van der Waals surface area contributed by atoms with E-state index < -0.39 is 0 Å². The molecule has 0 spiro atoms. The van der Waals surface area contributed by atoms with E-state index in [1.807, 2.05) is 24.3 Å². The first-order chi connectivity index (χ1) is 15.6.